The molecule has 1 spiro atoms. The van der Waals surface area contributed by atoms with E-state index in [0.717, 1.165) is 46.4 Å². The third-order valence-electron chi connectivity index (χ3n) is 6.14. The van der Waals surface area contributed by atoms with Crippen molar-refractivity contribution in [3.8, 4) is 5.75 Å². The number of benzene rings is 1. The van der Waals surface area contributed by atoms with E-state index >= 15 is 0 Å². The molecular weight excluding hydrogens is 437 g/mol. The van der Waals surface area contributed by atoms with Crippen LogP contribution < -0.4 is 4.74 Å². The van der Waals surface area contributed by atoms with Crippen molar-refractivity contribution >= 4 is 51.8 Å². The molecule has 1 aliphatic carbocycles. The molecule has 32 heavy (non-hydrogen) atoms. The predicted molar refractivity (Wildman–Crippen MR) is 123 cm³/mol. The molecule has 1 aromatic carbocycles. The van der Waals surface area contributed by atoms with Crippen LogP contribution in [0, 0.1) is 19.8 Å². The van der Waals surface area contributed by atoms with Gasteiger partial charge in [-0.15, -0.1) is 0 Å². The van der Waals surface area contributed by atoms with Crippen molar-refractivity contribution in [2.24, 2.45) is 5.92 Å². The minimum atomic E-state index is -1.33. The van der Waals surface area contributed by atoms with E-state index in [1.54, 1.807) is 6.20 Å². The van der Waals surface area contributed by atoms with Crippen LogP contribution in [-0.2, 0) is 26.4 Å². The molecule has 1 unspecified atom stereocenters. The van der Waals surface area contributed by atoms with Gasteiger partial charge in [0.05, 0.1) is 36.5 Å². The van der Waals surface area contributed by atoms with Crippen molar-refractivity contribution in [1.29, 1.82) is 0 Å². The number of para-hydroxylation sites is 2. The number of nitrogens with one attached hydrogen (secondary N) is 1. The Morgan fingerprint density at radius 3 is 2.66 bits per heavy atom. The van der Waals surface area contributed by atoms with E-state index in [-0.39, 0.29) is 47.0 Å². The first kappa shape index (κ1) is 24.0. The quantitative estimate of drug-likeness (QED) is 0.444. The summed E-state index contributed by atoms with van der Waals surface area (Å²) >= 11 is -1.33. The monoisotopic (exact) mass is 464 g/mol. The average Bonchev–Trinajstić information content (AvgIpc) is 3.19. The summed E-state index contributed by atoms with van der Waals surface area (Å²) in [5.41, 5.74) is 4.32. The second-order valence-electron chi connectivity index (χ2n) is 8.45. The topological polar surface area (TPSA) is 92.3 Å². The fourth-order valence-corrected chi connectivity index (χ4v) is 5.14. The zero-order chi connectivity index (χ0) is 21.4. The molecule has 1 aliphatic heterocycles. The Balaban J connectivity index is 0.00000245. The number of nitrogens with zero attached hydrogens (tertiary/aromatic N) is 2. The fourth-order valence-electron chi connectivity index (χ4n) is 4.04. The molecule has 165 valence electrons. The number of aromatic nitrogens is 3. The number of hydrogen-bond donors (Lipinski definition) is 1. The van der Waals surface area contributed by atoms with Crippen molar-refractivity contribution in [3.63, 3.8) is 0 Å². The summed E-state index contributed by atoms with van der Waals surface area (Å²) in [6.07, 6.45) is 4.95. The maximum absolute atomic E-state index is 12.9. The standard InChI is InChI=1S/C23H27N3O4S.Na/c1-15-10-24-20(14-31(27)22-25-18-6-3-4-7-19(18)26-22)16(2)21(15)28-11-17-12-29-23(30-13-17)8-5-9-23;/h3-4,6-7,10,17H,5,8-9,11-14H2,1-2H3,(H,25,26);. The number of ether oxygens (including phenoxy) is 3. The number of rotatable bonds is 6. The Morgan fingerprint density at radius 1 is 1.22 bits per heavy atom. The van der Waals surface area contributed by atoms with Crippen LogP contribution in [0.2, 0.25) is 0 Å². The van der Waals surface area contributed by atoms with Crippen LogP contribution in [0.15, 0.2) is 35.6 Å². The number of imidazole rings is 1. The molecule has 1 atom stereocenters. The molecule has 9 heteroatoms. The fraction of sp³-hybridized carbons (Fsp3) is 0.478. The normalized spacial score (nSPS) is 18.8. The Kier molecular flexibility index (Phi) is 7.51. The third-order valence-corrected chi connectivity index (χ3v) is 7.30. The maximum atomic E-state index is 12.9. The van der Waals surface area contributed by atoms with Gasteiger partial charge in [0.15, 0.2) is 11.5 Å². The van der Waals surface area contributed by atoms with Crippen molar-refractivity contribution in [2.45, 2.75) is 49.8 Å². The molecule has 7 nitrogen and oxygen atoms in total. The number of aryl methyl sites for hydroxylation is 1. The van der Waals surface area contributed by atoms with E-state index in [1.165, 1.54) is 6.42 Å². The second kappa shape index (κ2) is 10.0. The third kappa shape index (κ3) is 4.87. The van der Waals surface area contributed by atoms with Gasteiger partial charge in [0, 0.05) is 76.8 Å². The van der Waals surface area contributed by atoms with Gasteiger partial charge < -0.3 is 18.8 Å². The Hall–Kier alpha value is -1.13. The largest absolute Gasteiger partial charge is 0.609 e. The van der Waals surface area contributed by atoms with E-state index in [2.05, 4.69) is 15.0 Å². The molecule has 0 amide bonds. The molecule has 1 N–H and O–H groups in total. The van der Waals surface area contributed by atoms with Crippen molar-refractivity contribution in [1.82, 2.24) is 15.0 Å². The minimum Gasteiger partial charge on any atom is -0.609 e. The molecule has 1 saturated carbocycles. The van der Waals surface area contributed by atoms with E-state index in [9.17, 15) is 4.55 Å². The maximum Gasteiger partial charge on any atom is 0.322 e. The van der Waals surface area contributed by atoms with Crippen molar-refractivity contribution in [3.05, 3.63) is 47.3 Å². The Labute approximate surface area is 213 Å². The molecule has 3 aromatic rings. The van der Waals surface area contributed by atoms with Crippen LogP contribution in [0.5, 0.6) is 5.75 Å². The number of aromatic amines is 1. The first-order chi connectivity index (χ1) is 15.0. The number of pyridine rings is 1. The van der Waals surface area contributed by atoms with E-state index in [1.807, 2.05) is 38.1 Å². The molecule has 0 bridgehead atoms. The summed E-state index contributed by atoms with van der Waals surface area (Å²) < 4.78 is 31.0. The molecule has 3 heterocycles. The summed E-state index contributed by atoms with van der Waals surface area (Å²) in [5.74, 6) is 0.967. The van der Waals surface area contributed by atoms with E-state index in [0.29, 0.717) is 25.0 Å². The average molecular weight is 465 g/mol. The first-order valence-corrected chi connectivity index (χ1v) is 12.0. The van der Waals surface area contributed by atoms with Gasteiger partial charge in [-0.05, 0) is 32.4 Å². The number of H-pyrrole nitrogens is 1. The van der Waals surface area contributed by atoms with Gasteiger partial charge in [-0.2, -0.15) is 4.98 Å². The summed E-state index contributed by atoms with van der Waals surface area (Å²) in [5, 5.41) is 0.465. The summed E-state index contributed by atoms with van der Waals surface area (Å²) in [6.45, 7) is 5.79. The van der Waals surface area contributed by atoms with Gasteiger partial charge in [0.1, 0.15) is 5.75 Å². The SMILES string of the molecule is Cc1cnc(C[S+]([O-])c2nc3ccccc3[nH]2)c(C)c1OCC1COC2(CCC2)OC1.[Na]. The van der Waals surface area contributed by atoms with Gasteiger partial charge in [0.2, 0.25) is 0 Å². The van der Waals surface area contributed by atoms with Crippen LogP contribution in [0.4, 0.5) is 0 Å². The Morgan fingerprint density at radius 2 is 1.97 bits per heavy atom. The molecule has 1 saturated heterocycles. The van der Waals surface area contributed by atoms with Gasteiger partial charge in [-0.25, -0.2) is 0 Å². The minimum absolute atomic E-state index is 0. The zero-order valence-electron chi connectivity index (χ0n) is 18.8. The second-order valence-corrected chi connectivity index (χ2v) is 9.82. The van der Waals surface area contributed by atoms with E-state index < -0.39 is 11.2 Å². The van der Waals surface area contributed by atoms with Crippen LogP contribution in [0.1, 0.15) is 36.1 Å². The molecule has 2 aliphatic rings. The number of fused-ring (bicyclic) bond motifs is 1. The van der Waals surface area contributed by atoms with Gasteiger partial charge in [0.25, 0.3) is 0 Å². The summed E-state index contributed by atoms with van der Waals surface area (Å²) in [4.78, 5) is 12.1. The zero-order valence-corrected chi connectivity index (χ0v) is 21.7. The molecule has 2 fully saturated rings. The number of hydrogen-bond acceptors (Lipinski definition) is 6. The molecule has 1 radical (unpaired) electrons. The smallest absolute Gasteiger partial charge is 0.322 e. The summed E-state index contributed by atoms with van der Waals surface area (Å²) in [6, 6.07) is 7.67. The van der Waals surface area contributed by atoms with E-state index in [4.69, 9.17) is 14.2 Å². The van der Waals surface area contributed by atoms with Gasteiger partial charge in [-0.3, -0.25) is 9.97 Å². The van der Waals surface area contributed by atoms with Crippen LogP contribution >= 0.6 is 0 Å². The Bertz CT molecular complexity index is 1050. The first-order valence-electron chi connectivity index (χ1n) is 10.7. The van der Waals surface area contributed by atoms with Crippen LogP contribution in [-0.4, -0.2) is 74.7 Å². The predicted octanol–water partition coefficient (Wildman–Crippen LogP) is 3.42. The molecule has 5 rings (SSSR count). The van der Waals surface area contributed by atoms with Gasteiger partial charge in [-0.1, -0.05) is 12.1 Å². The molecule has 2 aromatic heterocycles. The van der Waals surface area contributed by atoms with Crippen molar-refractivity contribution in [2.75, 3.05) is 19.8 Å². The van der Waals surface area contributed by atoms with Gasteiger partial charge >= 0.3 is 5.16 Å². The van der Waals surface area contributed by atoms with Crippen molar-refractivity contribution < 1.29 is 18.8 Å². The van der Waals surface area contributed by atoms with Crippen LogP contribution in [0.3, 0.4) is 0 Å². The summed E-state index contributed by atoms with van der Waals surface area (Å²) in [7, 11) is 0. The van der Waals surface area contributed by atoms with Crippen LogP contribution in [0.25, 0.3) is 11.0 Å². The molecular formula is C23H27N3NaO4S.